The maximum Gasteiger partial charge on any atom is 0.316 e. The summed E-state index contributed by atoms with van der Waals surface area (Å²) in [4.78, 5) is 47.9. The molecule has 0 saturated carbocycles. The largest absolute Gasteiger partial charge is 0.506 e. The Morgan fingerprint density at radius 1 is 0.702 bits per heavy atom. The van der Waals surface area contributed by atoms with E-state index in [1.807, 2.05) is 0 Å². The third-order valence-electron chi connectivity index (χ3n) is 7.55. The average molecular weight is 809 g/mol. The number of anilines is 5. The second kappa shape index (κ2) is 17.4. The van der Waals surface area contributed by atoms with Gasteiger partial charge in [0, 0.05) is 55.6 Å². The first-order valence-electron chi connectivity index (χ1n) is 16.7. The van der Waals surface area contributed by atoms with E-state index in [0.29, 0.717) is 32.9 Å². The van der Waals surface area contributed by atoms with Crippen LogP contribution in [-0.2, 0) is 25.7 Å². The van der Waals surface area contributed by atoms with Gasteiger partial charge in [0.25, 0.3) is 5.91 Å². The predicted molar refractivity (Wildman–Crippen MR) is 216 cm³/mol. The van der Waals surface area contributed by atoms with Crippen LogP contribution in [0.15, 0.2) is 107 Å². The first kappa shape index (κ1) is 39.3. The summed E-state index contributed by atoms with van der Waals surface area (Å²) < 4.78 is 31.6. The van der Waals surface area contributed by atoms with Crippen LogP contribution in [0.2, 0.25) is 0 Å². The van der Waals surface area contributed by atoms with Crippen molar-refractivity contribution in [3.8, 4) is 28.7 Å². The fourth-order valence-electron chi connectivity index (χ4n) is 5.13. The third kappa shape index (κ3) is 10.2. The molecule has 0 aliphatic heterocycles. The Morgan fingerprint density at radius 3 is 1.98 bits per heavy atom. The second-order valence-corrected chi connectivity index (χ2v) is 13.6. The number of hydrogen-bond acceptors (Lipinski definition) is 13. The van der Waals surface area contributed by atoms with Crippen molar-refractivity contribution in [3.63, 3.8) is 0 Å². The van der Waals surface area contributed by atoms with E-state index >= 15 is 0 Å². The molecule has 6 aromatic rings. The molecule has 1 heterocycles. The minimum Gasteiger partial charge on any atom is -0.506 e. The van der Waals surface area contributed by atoms with Crippen molar-refractivity contribution >= 4 is 96.5 Å². The van der Waals surface area contributed by atoms with Crippen LogP contribution in [0.1, 0.15) is 31.1 Å². The zero-order valence-electron chi connectivity index (χ0n) is 30.1. The normalized spacial score (nSPS) is 11.4. The quantitative estimate of drug-likeness (QED) is 0.0436. The maximum absolute atomic E-state index is 12.9. The van der Waals surface area contributed by atoms with E-state index in [1.165, 1.54) is 45.0 Å². The summed E-state index contributed by atoms with van der Waals surface area (Å²) in [6, 6.07) is 25.0. The van der Waals surface area contributed by atoms with Crippen LogP contribution in [0.4, 0.5) is 39.1 Å². The number of hydrogen-bond donors (Lipinski definition) is 7. The highest BCUT2D eigenvalue weighted by atomic mass is 32.2. The van der Waals surface area contributed by atoms with Crippen molar-refractivity contribution in [2.75, 3.05) is 26.0 Å². The first-order chi connectivity index (χ1) is 27.3. The lowest BCUT2D eigenvalue weighted by Crippen LogP contribution is -2.13. The van der Waals surface area contributed by atoms with Gasteiger partial charge in [0.15, 0.2) is 16.5 Å². The predicted octanol–water partition coefficient (Wildman–Crippen LogP) is 8.11. The molecule has 7 N–H and O–H groups in total. The molecule has 1 atom stereocenters. The summed E-state index contributed by atoms with van der Waals surface area (Å²) in [6.07, 6.45) is 0. The fraction of sp³-hybridized carbons (Fsp3) is 0.0789. The first-order valence-corrected chi connectivity index (χ1v) is 18.5. The molecule has 1 unspecified atom stereocenters. The topological polar surface area (TPSA) is 242 Å². The number of aromatic hydroxyl groups is 2. The molecule has 6 rings (SSSR count). The number of phenols is 2. The SMILES string of the molecule is CC(=O)Nc1cc(O)c(NC(=O)c2ccccc2)cc1Oc1ccc(NS(=O)Oc2ccc3c(N=Nc4cc(NC(C)=O)c(O)c(NC(C)=O)c4)snc3c2)cc1. The van der Waals surface area contributed by atoms with E-state index in [1.54, 1.807) is 72.8 Å². The minimum atomic E-state index is -2.04. The summed E-state index contributed by atoms with van der Waals surface area (Å²) >= 11 is -0.993. The number of carbonyl (C=O) groups is 4. The van der Waals surface area contributed by atoms with Crippen LogP contribution in [-0.4, -0.2) is 42.4 Å². The third-order valence-corrected chi connectivity index (χ3v) is 9.06. The Bertz CT molecular complexity index is 2530. The van der Waals surface area contributed by atoms with Gasteiger partial charge in [-0.15, -0.1) is 10.2 Å². The summed E-state index contributed by atoms with van der Waals surface area (Å²) in [7, 11) is 0. The lowest BCUT2D eigenvalue weighted by atomic mass is 10.2. The molecule has 17 nitrogen and oxygen atoms in total. The van der Waals surface area contributed by atoms with E-state index in [4.69, 9.17) is 8.92 Å². The number of nitrogens with zero attached hydrogens (tertiary/aromatic N) is 3. The van der Waals surface area contributed by atoms with Crippen molar-refractivity contribution in [1.82, 2.24) is 4.37 Å². The molecule has 0 bridgehead atoms. The van der Waals surface area contributed by atoms with Gasteiger partial charge in [-0.2, -0.15) is 8.58 Å². The van der Waals surface area contributed by atoms with Crippen molar-refractivity contribution in [1.29, 1.82) is 0 Å². The molecule has 1 aromatic heterocycles. The number of ether oxygens (including phenoxy) is 1. The van der Waals surface area contributed by atoms with E-state index in [-0.39, 0.29) is 51.4 Å². The molecular weight excluding hydrogens is 777 g/mol. The average Bonchev–Trinajstić information content (AvgIpc) is 3.56. The Kier molecular flexibility index (Phi) is 12.0. The maximum atomic E-state index is 12.9. The Labute approximate surface area is 330 Å². The highest BCUT2D eigenvalue weighted by Gasteiger charge is 2.17. The standard InChI is InChI=1S/C38H32N8O9S2/c1-20(47)39-31-18-34(50)30(42-37(52)23-7-5-4-6-8-23)19-35(31)54-26-11-9-24(10-12-26)46-57(53)55-27-13-14-28-29(17-27)45-56-38(28)44-43-25-15-32(40-21(2)48)36(51)33(16-25)41-22(3)49/h4-19,46,50-51H,1-3H3,(H,39,47)(H,40,48)(H,41,49)(H,42,52). The smallest absolute Gasteiger partial charge is 0.316 e. The van der Waals surface area contributed by atoms with Crippen molar-refractivity contribution in [2.45, 2.75) is 20.8 Å². The summed E-state index contributed by atoms with van der Waals surface area (Å²) in [5.41, 5.74) is 1.81. The van der Waals surface area contributed by atoms with Gasteiger partial charge >= 0.3 is 11.3 Å². The number of nitrogens with one attached hydrogen (secondary N) is 5. The monoisotopic (exact) mass is 808 g/mol. The van der Waals surface area contributed by atoms with E-state index < -0.39 is 34.9 Å². The van der Waals surface area contributed by atoms with Gasteiger partial charge < -0.3 is 40.4 Å². The molecule has 0 saturated heterocycles. The number of benzene rings is 5. The highest BCUT2D eigenvalue weighted by Crippen LogP contribution is 2.40. The van der Waals surface area contributed by atoms with Crippen molar-refractivity contribution in [2.24, 2.45) is 10.2 Å². The number of rotatable bonds is 13. The van der Waals surface area contributed by atoms with Crippen LogP contribution in [0.5, 0.6) is 28.7 Å². The molecule has 290 valence electrons. The van der Waals surface area contributed by atoms with Gasteiger partial charge in [-0.25, -0.2) is 0 Å². The molecule has 0 aliphatic carbocycles. The summed E-state index contributed by atoms with van der Waals surface area (Å²) in [5, 5.41) is 40.8. The highest BCUT2D eigenvalue weighted by molar-refractivity contribution is 7.82. The van der Waals surface area contributed by atoms with E-state index in [9.17, 15) is 33.6 Å². The number of carbonyl (C=O) groups excluding carboxylic acids is 4. The van der Waals surface area contributed by atoms with Crippen LogP contribution in [0, 0.1) is 0 Å². The number of azo groups is 1. The molecule has 0 radical (unpaired) electrons. The van der Waals surface area contributed by atoms with Gasteiger partial charge in [0.1, 0.15) is 17.2 Å². The van der Waals surface area contributed by atoms with Crippen LogP contribution >= 0.6 is 11.5 Å². The van der Waals surface area contributed by atoms with Gasteiger partial charge in [0.2, 0.25) is 17.7 Å². The number of fused-ring (bicyclic) bond motifs is 1. The molecule has 0 fully saturated rings. The Morgan fingerprint density at radius 2 is 1.33 bits per heavy atom. The lowest BCUT2D eigenvalue weighted by molar-refractivity contribution is -0.115. The zero-order valence-corrected chi connectivity index (χ0v) is 31.8. The lowest BCUT2D eigenvalue weighted by Gasteiger charge is -2.16. The van der Waals surface area contributed by atoms with Gasteiger partial charge in [0.05, 0.1) is 34.0 Å². The van der Waals surface area contributed by atoms with Gasteiger partial charge in [-0.3, -0.25) is 23.9 Å². The Hall–Kier alpha value is -7.38. The van der Waals surface area contributed by atoms with E-state index in [0.717, 1.165) is 11.5 Å². The zero-order chi connectivity index (χ0) is 40.6. The van der Waals surface area contributed by atoms with Crippen LogP contribution < -0.4 is 34.9 Å². The molecular formula is C38H32N8O9S2. The van der Waals surface area contributed by atoms with Gasteiger partial charge in [-0.05, 0) is 72.2 Å². The number of aromatic nitrogens is 1. The minimum absolute atomic E-state index is 0.0390. The number of phenolic OH excluding ortho intramolecular Hbond substituents is 2. The fourth-order valence-corrected chi connectivity index (χ4v) is 6.46. The molecule has 0 spiro atoms. The molecule has 5 aromatic carbocycles. The molecule has 57 heavy (non-hydrogen) atoms. The van der Waals surface area contributed by atoms with Gasteiger partial charge in [-0.1, -0.05) is 18.2 Å². The second-order valence-electron chi connectivity index (χ2n) is 12.0. The van der Waals surface area contributed by atoms with Crippen LogP contribution in [0.3, 0.4) is 0 Å². The van der Waals surface area contributed by atoms with E-state index in [2.05, 4.69) is 40.6 Å². The molecule has 4 amide bonds. The van der Waals surface area contributed by atoms with Crippen molar-refractivity contribution < 1.29 is 42.5 Å². The Balaban J connectivity index is 1.11. The summed E-state index contributed by atoms with van der Waals surface area (Å²) in [5.74, 6) is -1.67. The van der Waals surface area contributed by atoms with Crippen LogP contribution in [0.25, 0.3) is 10.9 Å². The number of amides is 4. The molecule has 0 aliphatic rings. The van der Waals surface area contributed by atoms with Crippen molar-refractivity contribution in [3.05, 3.63) is 103 Å². The summed E-state index contributed by atoms with van der Waals surface area (Å²) in [6.45, 7) is 3.84. The molecule has 19 heteroatoms.